The minimum Gasteiger partial charge on any atom is -0.395 e. The van der Waals surface area contributed by atoms with E-state index in [9.17, 15) is 4.79 Å². The summed E-state index contributed by atoms with van der Waals surface area (Å²) >= 11 is 0. The fourth-order valence-electron chi connectivity index (χ4n) is 2.29. The fourth-order valence-corrected chi connectivity index (χ4v) is 2.29. The molecule has 1 aliphatic carbocycles. The number of aliphatic hydroxyl groups excluding tert-OH is 1. The third kappa shape index (κ3) is 3.88. The van der Waals surface area contributed by atoms with E-state index in [0.717, 1.165) is 18.4 Å². The van der Waals surface area contributed by atoms with Crippen LogP contribution < -0.4 is 0 Å². The molecule has 2 rings (SSSR count). The summed E-state index contributed by atoms with van der Waals surface area (Å²) in [4.78, 5) is 14.3. The lowest BCUT2D eigenvalue weighted by atomic mass is 10.0. The monoisotopic (exact) mass is 261 g/mol. The Morgan fingerprint density at radius 2 is 1.95 bits per heavy atom. The van der Waals surface area contributed by atoms with Gasteiger partial charge in [0.2, 0.25) is 0 Å². The zero-order chi connectivity index (χ0) is 13.8. The van der Waals surface area contributed by atoms with E-state index < -0.39 is 0 Å². The highest BCUT2D eigenvalue weighted by molar-refractivity contribution is 5.97. The highest BCUT2D eigenvalue weighted by Crippen LogP contribution is 2.26. The van der Waals surface area contributed by atoms with Gasteiger partial charge in [0, 0.05) is 18.2 Å². The summed E-state index contributed by atoms with van der Waals surface area (Å²) in [5.74, 6) is 0.636. The number of carbonyl (C=O) groups is 1. The van der Waals surface area contributed by atoms with E-state index in [1.54, 1.807) is 0 Å². The third-order valence-electron chi connectivity index (χ3n) is 3.70. The van der Waals surface area contributed by atoms with Gasteiger partial charge in [0.15, 0.2) is 5.78 Å². The first kappa shape index (κ1) is 14.2. The molecule has 0 radical (unpaired) electrons. The van der Waals surface area contributed by atoms with E-state index in [1.165, 1.54) is 5.56 Å². The van der Waals surface area contributed by atoms with Crippen molar-refractivity contribution in [3.63, 3.8) is 0 Å². The molecular formula is C16H23NO2. The van der Waals surface area contributed by atoms with Crippen molar-refractivity contribution in [1.29, 1.82) is 0 Å². The largest absolute Gasteiger partial charge is 0.395 e. The van der Waals surface area contributed by atoms with Crippen LogP contribution in [0.3, 0.4) is 0 Å². The van der Waals surface area contributed by atoms with Gasteiger partial charge in [-0.3, -0.25) is 9.69 Å². The lowest BCUT2D eigenvalue weighted by Crippen LogP contribution is -2.34. The lowest BCUT2D eigenvalue weighted by Gasteiger charge is -2.19. The Kier molecular flexibility index (Phi) is 4.72. The minimum atomic E-state index is 0.121. The van der Waals surface area contributed by atoms with E-state index in [-0.39, 0.29) is 12.4 Å². The average Bonchev–Trinajstić information content (AvgIpc) is 3.22. The summed E-state index contributed by atoms with van der Waals surface area (Å²) < 4.78 is 0. The number of carbonyl (C=O) groups excluding carboxylic acids is 1. The van der Waals surface area contributed by atoms with Gasteiger partial charge in [-0.2, -0.15) is 0 Å². The molecule has 1 fully saturated rings. The number of aliphatic hydroxyl groups is 1. The summed E-state index contributed by atoms with van der Waals surface area (Å²) in [6.07, 6.45) is 2.30. The Morgan fingerprint density at radius 3 is 2.42 bits per heavy atom. The van der Waals surface area contributed by atoms with Gasteiger partial charge in [-0.15, -0.1) is 0 Å². The Bertz CT molecular complexity index is 421. The number of Topliss-reactive ketones (excluding diaryl/α,β-unsaturated/α-hetero) is 1. The van der Waals surface area contributed by atoms with Crippen LogP contribution in [0.4, 0.5) is 0 Å². The van der Waals surface area contributed by atoms with Crippen molar-refractivity contribution in [2.75, 3.05) is 19.7 Å². The van der Waals surface area contributed by atoms with Gasteiger partial charge in [0.1, 0.15) is 0 Å². The molecule has 1 saturated carbocycles. The van der Waals surface area contributed by atoms with Crippen LogP contribution in [-0.2, 0) is 0 Å². The van der Waals surface area contributed by atoms with Crippen molar-refractivity contribution in [3.8, 4) is 0 Å². The molecular weight excluding hydrogens is 238 g/mol. The number of ketones is 1. The molecule has 19 heavy (non-hydrogen) atoms. The van der Waals surface area contributed by atoms with E-state index in [0.29, 0.717) is 25.0 Å². The second kappa shape index (κ2) is 6.31. The van der Waals surface area contributed by atoms with Crippen LogP contribution in [-0.4, -0.2) is 41.5 Å². The Labute approximate surface area is 115 Å². The quantitative estimate of drug-likeness (QED) is 0.766. The number of hydrogen-bond acceptors (Lipinski definition) is 3. The van der Waals surface area contributed by atoms with Gasteiger partial charge in [-0.1, -0.05) is 38.1 Å². The van der Waals surface area contributed by atoms with E-state index >= 15 is 0 Å². The molecule has 0 heterocycles. The van der Waals surface area contributed by atoms with E-state index in [2.05, 4.69) is 18.7 Å². The van der Waals surface area contributed by atoms with Gasteiger partial charge >= 0.3 is 0 Å². The van der Waals surface area contributed by atoms with Crippen molar-refractivity contribution in [1.82, 2.24) is 4.90 Å². The summed E-state index contributed by atoms with van der Waals surface area (Å²) in [5.41, 5.74) is 2.03. The molecule has 0 spiro atoms. The van der Waals surface area contributed by atoms with Crippen LogP contribution >= 0.6 is 0 Å². The van der Waals surface area contributed by atoms with Gasteiger partial charge in [0.25, 0.3) is 0 Å². The summed E-state index contributed by atoms with van der Waals surface area (Å²) in [5, 5.41) is 9.04. The van der Waals surface area contributed by atoms with Crippen molar-refractivity contribution in [2.45, 2.75) is 38.6 Å². The molecule has 0 atom stereocenters. The lowest BCUT2D eigenvalue weighted by molar-refractivity contribution is 0.0907. The molecule has 1 N–H and O–H groups in total. The van der Waals surface area contributed by atoms with Crippen LogP contribution in [0.2, 0.25) is 0 Å². The summed E-state index contributed by atoms with van der Waals surface area (Å²) in [6.45, 7) is 5.43. The molecule has 3 heteroatoms. The molecule has 1 aromatic rings. The Balaban J connectivity index is 1.98. The zero-order valence-electron chi connectivity index (χ0n) is 11.8. The van der Waals surface area contributed by atoms with Crippen LogP contribution in [0.25, 0.3) is 0 Å². The zero-order valence-corrected chi connectivity index (χ0v) is 11.8. The molecule has 1 aliphatic rings. The Morgan fingerprint density at radius 1 is 1.32 bits per heavy atom. The van der Waals surface area contributed by atoms with Crippen molar-refractivity contribution in [3.05, 3.63) is 35.4 Å². The average molecular weight is 261 g/mol. The SMILES string of the molecule is CC(C)c1ccc(C(=O)CN(CCO)C2CC2)cc1. The Hall–Kier alpha value is -1.19. The van der Waals surface area contributed by atoms with Crippen LogP contribution in [0.15, 0.2) is 24.3 Å². The van der Waals surface area contributed by atoms with Crippen molar-refractivity contribution in [2.24, 2.45) is 0 Å². The second-order valence-electron chi connectivity index (χ2n) is 5.63. The normalized spacial score (nSPS) is 15.2. The smallest absolute Gasteiger partial charge is 0.176 e. The van der Waals surface area contributed by atoms with Gasteiger partial charge in [0.05, 0.1) is 13.2 Å². The summed E-state index contributed by atoms with van der Waals surface area (Å²) in [7, 11) is 0. The van der Waals surface area contributed by atoms with Crippen molar-refractivity contribution >= 4 is 5.78 Å². The molecule has 0 aliphatic heterocycles. The number of nitrogens with zero attached hydrogens (tertiary/aromatic N) is 1. The molecule has 0 amide bonds. The highest BCUT2D eigenvalue weighted by atomic mass is 16.3. The molecule has 104 valence electrons. The predicted molar refractivity (Wildman–Crippen MR) is 76.5 cm³/mol. The maximum Gasteiger partial charge on any atom is 0.176 e. The first-order valence-corrected chi connectivity index (χ1v) is 7.10. The molecule has 3 nitrogen and oxygen atoms in total. The predicted octanol–water partition coefficient (Wildman–Crippen LogP) is 2.45. The standard InChI is InChI=1S/C16H23NO2/c1-12(2)13-3-5-14(6-4-13)16(19)11-17(9-10-18)15-7-8-15/h3-6,12,15,18H,7-11H2,1-2H3. The maximum atomic E-state index is 12.2. The first-order valence-electron chi connectivity index (χ1n) is 7.10. The molecule has 0 unspecified atom stereocenters. The third-order valence-corrected chi connectivity index (χ3v) is 3.70. The molecule has 0 aromatic heterocycles. The minimum absolute atomic E-state index is 0.121. The first-order chi connectivity index (χ1) is 9.11. The van der Waals surface area contributed by atoms with E-state index in [1.807, 2.05) is 24.3 Å². The maximum absolute atomic E-state index is 12.2. The topological polar surface area (TPSA) is 40.5 Å². The number of hydrogen-bond donors (Lipinski definition) is 1. The highest BCUT2D eigenvalue weighted by Gasteiger charge is 2.29. The van der Waals surface area contributed by atoms with Crippen LogP contribution in [0, 0.1) is 0 Å². The number of rotatable bonds is 7. The van der Waals surface area contributed by atoms with E-state index in [4.69, 9.17) is 5.11 Å². The van der Waals surface area contributed by atoms with Crippen LogP contribution in [0.5, 0.6) is 0 Å². The van der Waals surface area contributed by atoms with Crippen LogP contribution in [0.1, 0.15) is 48.5 Å². The molecule has 0 bridgehead atoms. The van der Waals surface area contributed by atoms with Gasteiger partial charge in [-0.25, -0.2) is 0 Å². The second-order valence-corrected chi connectivity index (χ2v) is 5.63. The molecule has 0 saturated heterocycles. The molecule has 1 aromatic carbocycles. The number of benzene rings is 1. The fraction of sp³-hybridized carbons (Fsp3) is 0.562. The summed E-state index contributed by atoms with van der Waals surface area (Å²) in [6, 6.07) is 8.41. The van der Waals surface area contributed by atoms with Gasteiger partial charge < -0.3 is 5.11 Å². The van der Waals surface area contributed by atoms with Gasteiger partial charge in [-0.05, 0) is 24.3 Å². The van der Waals surface area contributed by atoms with Crippen molar-refractivity contribution < 1.29 is 9.90 Å².